The molecule has 1 unspecified atom stereocenters. The van der Waals surface area contributed by atoms with E-state index in [1.165, 1.54) is 6.07 Å². The van der Waals surface area contributed by atoms with Crippen molar-refractivity contribution in [1.82, 2.24) is 5.32 Å². The lowest BCUT2D eigenvalue weighted by Crippen LogP contribution is -2.22. The molecule has 0 aliphatic rings. The van der Waals surface area contributed by atoms with Crippen LogP contribution in [0.5, 0.6) is 0 Å². The number of benzene rings is 2. The van der Waals surface area contributed by atoms with E-state index in [1.54, 1.807) is 12.1 Å². The van der Waals surface area contributed by atoms with Gasteiger partial charge in [0.25, 0.3) is 0 Å². The first-order valence-corrected chi connectivity index (χ1v) is 8.12. The first kappa shape index (κ1) is 16.0. The van der Waals surface area contributed by atoms with E-state index < -0.39 is 0 Å². The van der Waals surface area contributed by atoms with Crippen molar-refractivity contribution in [3.8, 4) is 0 Å². The normalized spacial score (nSPS) is 12.4. The van der Waals surface area contributed by atoms with Gasteiger partial charge in [-0.3, -0.25) is 0 Å². The van der Waals surface area contributed by atoms with Crippen LogP contribution >= 0.6 is 43.5 Å². The van der Waals surface area contributed by atoms with E-state index in [-0.39, 0.29) is 11.9 Å². The zero-order valence-electron chi connectivity index (χ0n) is 10.8. The minimum Gasteiger partial charge on any atom is -0.306 e. The molecule has 0 amide bonds. The average Bonchev–Trinajstić information content (AvgIpc) is 2.42. The van der Waals surface area contributed by atoms with Crippen molar-refractivity contribution < 1.29 is 4.39 Å². The highest BCUT2D eigenvalue weighted by Gasteiger charge is 2.17. The van der Waals surface area contributed by atoms with Gasteiger partial charge in [0.15, 0.2) is 0 Å². The Kier molecular flexibility index (Phi) is 5.61. The van der Waals surface area contributed by atoms with Gasteiger partial charge >= 0.3 is 0 Å². The van der Waals surface area contributed by atoms with Crippen LogP contribution in [0.15, 0.2) is 45.3 Å². The van der Waals surface area contributed by atoms with Gasteiger partial charge in [0.1, 0.15) is 5.82 Å². The van der Waals surface area contributed by atoms with Gasteiger partial charge in [-0.15, -0.1) is 0 Å². The Morgan fingerprint density at radius 2 is 1.90 bits per heavy atom. The molecular weight excluding hydrogens is 408 g/mol. The van der Waals surface area contributed by atoms with Crippen molar-refractivity contribution in [1.29, 1.82) is 0 Å². The van der Waals surface area contributed by atoms with E-state index in [0.717, 1.165) is 22.1 Å². The van der Waals surface area contributed by atoms with Gasteiger partial charge in [-0.25, -0.2) is 4.39 Å². The summed E-state index contributed by atoms with van der Waals surface area (Å²) in [6.07, 6.45) is 0. The number of hydrogen-bond donors (Lipinski definition) is 1. The molecule has 2 aromatic rings. The fraction of sp³-hybridized carbons (Fsp3) is 0.200. The Bertz CT molecular complexity index is 619. The molecule has 0 aromatic heterocycles. The Labute approximate surface area is 139 Å². The van der Waals surface area contributed by atoms with Crippen molar-refractivity contribution in [2.45, 2.75) is 13.0 Å². The van der Waals surface area contributed by atoms with Crippen LogP contribution in [0, 0.1) is 5.82 Å². The monoisotopic (exact) mass is 419 g/mol. The van der Waals surface area contributed by atoms with Crippen LogP contribution in [0.25, 0.3) is 0 Å². The Morgan fingerprint density at radius 3 is 2.55 bits per heavy atom. The van der Waals surface area contributed by atoms with Gasteiger partial charge < -0.3 is 5.32 Å². The SMILES string of the molecule is CCNC(c1ccc(F)c(Br)c1)c1cc(Cl)ccc1Br. The van der Waals surface area contributed by atoms with Crippen molar-refractivity contribution in [2.75, 3.05) is 6.54 Å². The summed E-state index contributed by atoms with van der Waals surface area (Å²) in [6.45, 7) is 2.82. The van der Waals surface area contributed by atoms with Crippen LogP contribution in [0.3, 0.4) is 0 Å². The predicted octanol–water partition coefficient (Wildman–Crippen LogP) is 5.70. The molecule has 0 saturated heterocycles. The maximum Gasteiger partial charge on any atom is 0.137 e. The quantitative estimate of drug-likeness (QED) is 0.667. The standard InChI is InChI=1S/C15H13Br2ClFN/c1-2-20-15(9-3-6-14(19)13(17)7-9)11-8-10(18)4-5-12(11)16/h3-8,15,20H,2H2,1H3. The first-order chi connectivity index (χ1) is 9.52. The fourth-order valence-corrected chi connectivity index (χ4v) is 3.09. The second-order valence-corrected chi connectivity index (χ2v) is 6.48. The molecule has 1 N–H and O–H groups in total. The largest absolute Gasteiger partial charge is 0.306 e. The van der Waals surface area contributed by atoms with Crippen molar-refractivity contribution in [3.63, 3.8) is 0 Å². The summed E-state index contributed by atoms with van der Waals surface area (Å²) < 4.78 is 14.8. The van der Waals surface area contributed by atoms with Gasteiger partial charge in [0.05, 0.1) is 10.5 Å². The molecule has 1 nitrogen and oxygen atoms in total. The summed E-state index contributed by atoms with van der Waals surface area (Å²) in [4.78, 5) is 0. The highest BCUT2D eigenvalue weighted by atomic mass is 79.9. The molecule has 20 heavy (non-hydrogen) atoms. The Morgan fingerprint density at radius 1 is 1.15 bits per heavy atom. The van der Waals surface area contributed by atoms with Crippen molar-refractivity contribution >= 4 is 43.5 Å². The van der Waals surface area contributed by atoms with Gasteiger partial charge in [0.2, 0.25) is 0 Å². The van der Waals surface area contributed by atoms with Gasteiger partial charge in [0, 0.05) is 9.50 Å². The van der Waals surface area contributed by atoms with E-state index in [9.17, 15) is 4.39 Å². The summed E-state index contributed by atoms with van der Waals surface area (Å²) in [5, 5.41) is 4.07. The molecule has 0 fully saturated rings. The van der Waals surface area contributed by atoms with Crippen molar-refractivity contribution in [3.05, 3.63) is 67.3 Å². The minimum absolute atomic E-state index is 0.0509. The molecule has 0 saturated carbocycles. The third-order valence-electron chi connectivity index (χ3n) is 2.95. The predicted molar refractivity (Wildman–Crippen MR) is 88.8 cm³/mol. The summed E-state index contributed by atoms with van der Waals surface area (Å²) in [5.41, 5.74) is 2.00. The molecule has 2 rings (SSSR count). The number of nitrogens with one attached hydrogen (secondary N) is 1. The van der Waals surface area contributed by atoms with Gasteiger partial charge in [-0.05, 0) is 63.9 Å². The number of hydrogen-bond acceptors (Lipinski definition) is 1. The van der Waals surface area contributed by atoms with Gasteiger partial charge in [-0.2, -0.15) is 0 Å². The van der Waals surface area contributed by atoms with Crippen LogP contribution in [0.1, 0.15) is 24.1 Å². The van der Waals surface area contributed by atoms with Crippen LogP contribution in [-0.4, -0.2) is 6.54 Å². The summed E-state index contributed by atoms with van der Waals surface area (Å²) >= 11 is 12.9. The second-order valence-electron chi connectivity index (χ2n) is 4.33. The van der Waals surface area contributed by atoms with Crippen LogP contribution in [-0.2, 0) is 0 Å². The molecular formula is C15H13Br2ClFN. The fourth-order valence-electron chi connectivity index (χ4n) is 2.04. The summed E-state index contributed by atoms with van der Waals surface area (Å²) in [5.74, 6) is -0.269. The Balaban J connectivity index is 2.49. The molecule has 2 aromatic carbocycles. The molecule has 0 aliphatic heterocycles. The minimum atomic E-state index is -0.269. The third kappa shape index (κ3) is 3.61. The highest BCUT2D eigenvalue weighted by molar-refractivity contribution is 9.10. The zero-order chi connectivity index (χ0) is 14.7. The molecule has 1 atom stereocenters. The maximum absolute atomic E-state index is 13.4. The molecule has 0 radical (unpaired) electrons. The zero-order valence-corrected chi connectivity index (χ0v) is 14.7. The third-order valence-corrected chi connectivity index (χ3v) is 4.52. The lowest BCUT2D eigenvalue weighted by atomic mass is 9.98. The van der Waals surface area contributed by atoms with E-state index in [2.05, 4.69) is 37.2 Å². The van der Waals surface area contributed by atoms with Crippen LogP contribution in [0.4, 0.5) is 4.39 Å². The molecule has 106 valence electrons. The summed E-state index contributed by atoms with van der Waals surface area (Å²) in [6, 6.07) is 10.6. The maximum atomic E-state index is 13.4. The molecule has 0 spiro atoms. The van der Waals surface area contributed by atoms with Gasteiger partial charge in [-0.1, -0.05) is 40.5 Å². The Hall–Kier alpha value is -0.420. The van der Waals surface area contributed by atoms with E-state index >= 15 is 0 Å². The average molecular weight is 422 g/mol. The lowest BCUT2D eigenvalue weighted by Gasteiger charge is -2.21. The van der Waals surface area contributed by atoms with Crippen molar-refractivity contribution in [2.24, 2.45) is 0 Å². The highest BCUT2D eigenvalue weighted by Crippen LogP contribution is 2.32. The number of rotatable bonds is 4. The van der Waals surface area contributed by atoms with Crippen LogP contribution in [0.2, 0.25) is 5.02 Å². The van der Waals surface area contributed by atoms with E-state index in [4.69, 9.17) is 11.6 Å². The molecule has 5 heteroatoms. The van der Waals surface area contributed by atoms with E-state index in [0.29, 0.717) is 9.50 Å². The topological polar surface area (TPSA) is 12.0 Å². The molecule has 0 aliphatic carbocycles. The first-order valence-electron chi connectivity index (χ1n) is 6.16. The second kappa shape index (κ2) is 7.03. The van der Waals surface area contributed by atoms with E-state index in [1.807, 2.05) is 25.1 Å². The molecule has 0 bridgehead atoms. The summed E-state index contributed by atoms with van der Waals surface area (Å²) in [7, 11) is 0. The molecule has 0 heterocycles. The smallest absolute Gasteiger partial charge is 0.137 e. The number of halogens is 4. The van der Waals surface area contributed by atoms with Crippen LogP contribution < -0.4 is 5.32 Å². The lowest BCUT2D eigenvalue weighted by molar-refractivity contribution is 0.607.